The van der Waals surface area contributed by atoms with Gasteiger partial charge in [0.1, 0.15) is 6.10 Å². The van der Waals surface area contributed by atoms with Gasteiger partial charge in [-0.25, -0.2) is 0 Å². The van der Waals surface area contributed by atoms with Crippen molar-refractivity contribution in [3.63, 3.8) is 0 Å². The lowest BCUT2D eigenvalue weighted by Gasteiger charge is -2.17. The Bertz CT molecular complexity index is 297. The van der Waals surface area contributed by atoms with E-state index >= 15 is 0 Å². The maximum Gasteiger partial charge on any atom is 0.105 e. The van der Waals surface area contributed by atoms with Crippen molar-refractivity contribution >= 4 is 12.6 Å². The first kappa shape index (κ1) is 13.6. The maximum absolute atomic E-state index is 9.86. The normalized spacial score (nSPS) is 14.8. The molecule has 1 aromatic carbocycles. The van der Waals surface area contributed by atoms with Gasteiger partial charge in [-0.15, -0.1) is 0 Å². The molecule has 1 rings (SSSR count). The van der Waals surface area contributed by atoms with Crippen LogP contribution in [0, 0.1) is 0 Å². The third-order valence-electron chi connectivity index (χ3n) is 2.65. The second-order valence-electron chi connectivity index (χ2n) is 4.02. The molecule has 0 amide bonds. The van der Waals surface area contributed by atoms with E-state index in [2.05, 4.69) is 19.6 Å². The zero-order chi connectivity index (χ0) is 12.0. The highest BCUT2D eigenvalue weighted by molar-refractivity contribution is 7.80. The average molecular weight is 240 g/mol. The summed E-state index contributed by atoms with van der Waals surface area (Å²) in [6, 6.07) is 7.79. The number of aryl methyl sites for hydroxylation is 1. The minimum absolute atomic E-state index is 0.501. The van der Waals surface area contributed by atoms with Gasteiger partial charge in [-0.05, 0) is 29.7 Å². The van der Waals surface area contributed by atoms with E-state index in [1.165, 1.54) is 5.56 Å². The van der Waals surface area contributed by atoms with E-state index in [9.17, 15) is 10.2 Å². The number of hydrogen-bond donors (Lipinski definition) is 3. The average Bonchev–Trinajstić information content (AvgIpc) is 2.30. The van der Waals surface area contributed by atoms with E-state index in [1.54, 1.807) is 0 Å². The van der Waals surface area contributed by atoms with Crippen molar-refractivity contribution in [2.45, 2.75) is 38.4 Å². The minimum Gasteiger partial charge on any atom is -0.390 e. The van der Waals surface area contributed by atoms with Crippen LogP contribution in [0.4, 0.5) is 0 Å². The first-order chi connectivity index (χ1) is 7.69. The van der Waals surface area contributed by atoms with Gasteiger partial charge in [0, 0.05) is 0 Å². The molecule has 1 aromatic rings. The van der Waals surface area contributed by atoms with Crippen molar-refractivity contribution in [3.8, 4) is 0 Å². The number of aliphatic hydroxyl groups is 2. The van der Waals surface area contributed by atoms with Gasteiger partial charge in [0.05, 0.1) is 6.10 Å². The Hall–Kier alpha value is -0.510. The largest absolute Gasteiger partial charge is 0.390 e. The summed E-state index contributed by atoms with van der Waals surface area (Å²) in [6.45, 7) is 2.14. The van der Waals surface area contributed by atoms with Crippen LogP contribution in [0.1, 0.15) is 37.0 Å². The second kappa shape index (κ2) is 6.94. The second-order valence-corrected chi connectivity index (χ2v) is 4.46. The summed E-state index contributed by atoms with van der Waals surface area (Å²) in [4.78, 5) is 0. The smallest absolute Gasteiger partial charge is 0.105 e. The van der Waals surface area contributed by atoms with E-state index < -0.39 is 12.2 Å². The molecule has 0 saturated heterocycles. The maximum atomic E-state index is 9.86. The van der Waals surface area contributed by atoms with Crippen LogP contribution in [0.2, 0.25) is 0 Å². The Balaban J connectivity index is 2.65. The van der Waals surface area contributed by atoms with Gasteiger partial charge >= 0.3 is 0 Å². The Labute approximate surface area is 103 Å². The van der Waals surface area contributed by atoms with Gasteiger partial charge in [0.25, 0.3) is 0 Å². The highest BCUT2D eigenvalue weighted by Gasteiger charge is 2.17. The molecule has 2 nitrogen and oxygen atoms in total. The monoisotopic (exact) mass is 240 g/mol. The molecule has 0 saturated carbocycles. The molecule has 0 heterocycles. The van der Waals surface area contributed by atoms with E-state index in [1.807, 2.05) is 24.3 Å². The number of thiol groups is 1. The van der Waals surface area contributed by atoms with Gasteiger partial charge in [0.15, 0.2) is 0 Å². The van der Waals surface area contributed by atoms with Crippen molar-refractivity contribution in [2.24, 2.45) is 0 Å². The molecule has 0 aliphatic heterocycles. The van der Waals surface area contributed by atoms with Crippen LogP contribution in [0.15, 0.2) is 24.3 Å². The molecule has 16 heavy (non-hydrogen) atoms. The fourth-order valence-corrected chi connectivity index (χ4v) is 1.95. The third kappa shape index (κ3) is 3.81. The zero-order valence-electron chi connectivity index (χ0n) is 9.63. The van der Waals surface area contributed by atoms with Crippen molar-refractivity contribution in [3.05, 3.63) is 35.4 Å². The van der Waals surface area contributed by atoms with Crippen LogP contribution >= 0.6 is 12.6 Å². The highest BCUT2D eigenvalue weighted by Crippen LogP contribution is 2.20. The Morgan fingerprint density at radius 3 is 2.31 bits per heavy atom. The Morgan fingerprint density at radius 1 is 1.19 bits per heavy atom. The van der Waals surface area contributed by atoms with Gasteiger partial charge in [0.2, 0.25) is 0 Å². The van der Waals surface area contributed by atoms with Gasteiger partial charge in [-0.1, -0.05) is 37.6 Å². The zero-order valence-corrected chi connectivity index (χ0v) is 10.5. The van der Waals surface area contributed by atoms with Crippen molar-refractivity contribution in [2.75, 3.05) is 5.75 Å². The highest BCUT2D eigenvalue weighted by atomic mass is 32.1. The molecule has 90 valence electrons. The SMILES string of the molecule is CCCc1ccc(C(O)C(O)CCS)cc1. The van der Waals surface area contributed by atoms with Gasteiger partial charge < -0.3 is 10.2 Å². The summed E-state index contributed by atoms with van der Waals surface area (Å²) in [5.74, 6) is 0.576. The topological polar surface area (TPSA) is 40.5 Å². The number of rotatable bonds is 6. The molecular weight excluding hydrogens is 220 g/mol. The third-order valence-corrected chi connectivity index (χ3v) is 2.91. The molecule has 0 fully saturated rings. The first-order valence-corrected chi connectivity index (χ1v) is 6.38. The lowest BCUT2D eigenvalue weighted by molar-refractivity contribution is 0.0172. The molecule has 0 aliphatic rings. The van der Waals surface area contributed by atoms with Gasteiger partial charge in [-0.2, -0.15) is 12.6 Å². The van der Waals surface area contributed by atoms with Crippen LogP contribution in [0.25, 0.3) is 0 Å². The molecule has 3 heteroatoms. The van der Waals surface area contributed by atoms with E-state index in [0.717, 1.165) is 18.4 Å². The van der Waals surface area contributed by atoms with Gasteiger partial charge in [-0.3, -0.25) is 0 Å². The fourth-order valence-electron chi connectivity index (χ4n) is 1.68. The van der Waals surface area contributed by atoms with Crippen molar-refractivity contribution in [1.29, 1.82) is 0 Å². The lowest BCUT2D eigenvalue weighted by atomic mass is 10.0. The van der Waals surface area contributed by atoms with Crippen molar-refractivity contribution < 1.29 is 10.2 Å². The van der Waals surface area contributed by atoms with E-state index in [0.29, 0.717) is 12.2 Å². The van der Waals surface area contributed by atoms with Crippen molar-refractivity contribution in [1.82, 2.24) is 0 Å². The molecule has 0 bridgehead atoms. The van der Waals surface area contributed by atoms with Crippen LogP contribution in [0.5, 0.6) is 0 Å². The standard InChI is InChI=1S/C13H20O2S/c1-2-3-10-4-6-11(7-5-10)13(15)12(14)8-9-16/h4-7,12-16H,2-3,8-9H2,1H3. The molecule has 0 radical (unpaired) electrons. The molecular formula is C13H20O2S. The van der Waals surface area contributed by atoms with Crippen LogP contribution in [-0.4, -0.2) is 22.1 Å². The molecule has 2 atom stereocenters. The molecule has 0 aromatic heterocycles. The lowest BCUT2D eigenvalue weighted by Crippen LogP contribution is -2.18. The molecule has 2 N–H and O–H groups in total. The molecule has 0 aliphatic carbocycles. The van der Waals surface area contributed by atoms with E-state index in [-0.39, 0.29) is 0 Å². The summed E-state index contributed by atoms with van der Waals surface area (Å²) < 4.78 is 0. The number of aliphatic hydroxyl groups excluding tert-OH is 2. The van der Waals surface area contributed by atoms with Crippen LogP contribution < -0.4 is 0 Å². The summed E-state index contributed by atoms with van der Waals surface area (Å²) in [6.07, 6.45) is 1.14. The molecule has 2 unspecified atom stereocenters. The van der Waals surface area contributed by atoms with Crippen LogP contribution in [-0.2, 0) is 6.42 Å². The van der Waals surface area contributed by atoms with Crippen LogP contribution in [0.3, 0.4) is 0 Å². The summed E-state index contributed by atoms with van der Waals surface area (Å²) in [5, 5.41) is 19.5. The molecule has 0 spiro atoms. The Morgan fingerprint density at radius 2 is 1.81 bits per heavy atom. The Kier molecular flexibility index (Phi) is 5.88. The number of hydrogen-bond acceptors (Lipinski definition) is 3. The minimum atomic E-state index is -0.803. The predicted molar refractivity (Wildman–Crippen MR) is 69.9 cm³/mol. The quantitative estimate of drug-likeness (QED) is 0.668. The fraction of sp³-hybridized carbons (Fsp3) is 0.538. The summed E-state index contributed by atoms with van der Waals surface area (Å²) in [7, 11) is 0. The summed E-state index contributed by atoms with van der Waals surface area (Å²) in [5.41, 5.74) is 2.04. The van der Waals surface area contributed by atoms with E-state index in [4.69, 9.17) is 0 Å². The first-order valence-electron chi connectivity index (χ1n) is 5.74. The predicted octanol–water partition coefficient (Wildman–Crippen LogP) is 2.35. The summed E-state index contributed by atoms with van der Waals surface area (Å²) >= 11 is 4.04. The number of benzene rings is 1.